The number of hydrogen-bond acceptors (Lipinski definition) is 4. The van der Waals surface area contributed by atoms with E-state index in [1.165, 1.54) is 32.1 Å². The Hall–Kier alpha value is -1.43. The Morgan fingerprint density at radius 2 is 2.00 bits per heavy atom. The first-order valence-corrected chi connectivity index (χ1v) is 9.40. The largest absolute Gasteiger partial charge is 0.381 e. The minimum atomic E-state index is 0.151. The summed E-state index contributed by atoms with van der Waals surface area (Å²) in [6, 6.07) is 0. The van der Waals surface area contributed by atoms with E-state index in [2.05, 4.69) is 15.1 Å². The number of amides is 1. The molecule has 132 valence electrons. The van der Waals surface area contributed by atoms with Crippen LogP contribution in [-0.2, 0) is 16.6 Å². The minimum absolute atomic E-state index is 0.151. The maximum atomic E-state index is 13.1. The molecule has 0 radical (unpaired) electrons. The SMILES string of the molecule is Cn1cnnc1C1CN(C(=O)C2CCOCC2)CC12CCCCC2. The van der Waals surface area contributed by atoms with Crippen LogP contribution in [0.3, 0.4) is 0 Å². The van der Waals surface area contributed by atoms with Crippen LogP contribution < -0.4 is 0 Å². The highest BCUT2D eigenvalue weighted by Gasteiger charge is 2.51. The highest BCUT2D eigenvalue weighted by atomic mass is 16.5. The molecule has 1 aromatic rings. The van der Waals surface area contributed by atoms with Crippen molar-refractivity contribution in [2.75, 3.05) is 26.3 Å². The van der Waals surface area contributed by atoms with E-state index < -0.39 is 0 Å². The molecular weight excluding hydrogens is 304 g/mol. The molecule has 3 aliphatic rings. The van der Waals surface area contributed by atoms with Gasteiger partial charge < -0.3 is 14.2 Å². The van der Waals surface area contributed by atoms with Crippen molar-refractivity contribution in [3.63, 3.8) is 0 Å². The third kappa shape index (κ3) is 2.75. The molecular formula is C18H28N4O2. The highest BCUT2D eigenvalue weighted by Crippen LogP contribution is 2.51. The van der Waals surface area contributed by atoms with Gasteiger partial charge in [0.2, 0.25) is 5.91 Å². The van der Waals surface area contributed by atoms with E-state index in [9.17, 15) is 4.79 Å². The zero-order chi connectivity index (χ0) is 16.6. The molecule has 3 heterocycles. The predicted molar refractivity (Wildman–Crippen MR) is 89.4 cm³/mol. The number of ether oxygens (including phenoxy) is 1. The lowest BCUT2D eigenvalue weighted by Crippen LogP contribution is -2.39. The Balaban J connectivity index is 1.58. The monoisotopic (exact) mass is 332 g/mol. The van der Waals surface area contributed by atoms with Gasteiger partial charge in [0.1, 0.15) is 12.2 Å². The molecule has 1 saturated carbocycles. The van der Waals surface area contributed by atoms with Crippen molar-refractivity contribution in [1.29, 1.82) is 0 Å². The van der Waals surface area contributed by atoms with Gasteiger partial charge >= 0.3 is 0 Å². The van der Waals surface area contributed by atoms with Gasteiger partial charge in [-0.3, -0.25) is 4.79 Å². The number of aryl methyl sites for hydroxylation is 1. The molecule has 6 nitrogen and oxygen atoms in total. The molecule has 1 spiro atoms. The second-order valence-corrected chi connectivity index (χ2v) is 7.88. The van der Waals surface area contributed by atoms with E-state index in [1.54, 1.807) is 6.33 Å². The quantitative estimate of drug-likeness (QED) is 0.832. The Morgan fingerprint density at radius 1 is 1.25 bits per heavy atom. The van der Waals surface area contributed by atoms with E-state index in [-0.39, 0.29) is 11.3 Å². The van der Waals surface area contributed by atoms with Gasteiger partial charge in [0.25, 0.3) is 0 Å². The molecule has 4 rings (SSSR count). The third-order valence-corrected chi connectivity index (χ3v) is 6.44. The van der Waals surface area contributed by atoms with E-state index in [0.29, 0.717) is 11.8 Å². The van der Waals surface area contributed by atoms with Crippen molar-refractivity contribution in [3.8, 4) is 0 Å². The van der Waals surface area contributed by atoms with E-state index in [4.69, 9.17) is 4.74 Å². The van der Waals surface area contributed by atoms with Gasteiger partial charge in [-0.05, 0) is 31.1 Å². The minimum Gasteiger partial charge on any atom is -0.381 e. The summed E-state index contributed by atoms with van der Waals surface area (Å²) in [4.78, 5) is 15.2. The third-order valence-electron chi connectivity index (χ3n) is 6.44. The first kappa shape index (κ1) is 16.1. The Morgan fingerprint density at radius 3 is 2.67 bits per heavy atom. The van der Waals surface area contributed by atoms with Crippen LogP contribution >= 0.6 is 0 Å². The molecule has 2 saturated heterocycles. The van der Waals surface area contributed by atoms with Crippen LogP contribution in [0.4, 0.5) is 0 Å². The van der Waals surface area contributed by atoms with Gasteiger partial charge in [-0.1, -0.05) is 19.3 Å². The molecule has 6 heteroatoms. The first-order valence-electron chi connectivity index (χ1n) is 9.40. The van der Waals surface area contributed by atoms with Gasteiger partial charge in [-0.2, -0.15) is 0 Å². The van der Waals surface area contributed by atoms with Crippen LogP contribution in [0.15, 0.2) is 6.33 Å². The van der Waals surface area contributed by atoms with Crippen molar-refractivity contribution < 1.29 is 9.53 Å². The number of carbonyl (C=O) groups is 1. The summed E-state index contributed by atoms with van der Waals surface area (Å²) >= 11 is 0. The number of likely N-dealkylation sites (tertiary alicyclic amines) is 1. The molecule has 3 fully saturated rings. The number of hydrogen-bond donors (Lipinski definition) is 0. The fourth-order valence-electron chi connectivity index (χ4n) is 5.07. The van der Waals surface area contributed by atoms with Crippen LogP contribution in [-0.4, -0.2) is 51.9 Å². The van der Waals surface area contributed by atoms with Crippen molar-refractivity contribution >= 4 is 5.91 Å². The second kappa shape index (κ2) is 6.47. The average molecular weight is 332 g/mol. The van der Waals surface area contributed by atoms with Gasteiger partial charge in [-0.15, -0.1) is 10.2 Å². The Kier molecular flexibility index (Phi) is 4.33. The molecule has 1 amide bonds. The van der Waals surface area contributed by atoms with Gasteiger partial charge in [-0.25, -0.2) is 0 Å². The maximum Gasteiger partial charge on any atom is 0.225 e. The molecule has 0 bridgehead atoms. The van der Waals surface area contributed by atoms with Crippen molar-refractivity contribution in [2.24, 2.45) is 18.4 Å². The van der Waals surface area contributed by atoms with Crippen LogP contribution in [0.1, 0.15) is 56.7 Å². The highest BCUT2D eigenvalue weighted by molar-refractivity contribution is 5.79. The fourth-order valence-corrected chi connectivity index (χ4v) is 5.07. The zero-order valence-electron chi connectivity index (χ0n) is 14.6. The van der Waals surface area contributed by atoms with Gasteiger partial charge in [0.15, 0.2) is 0 Å². The number of carbonyl (C=O) groups excluding carboxylic acids is 1. The van der Waals surface area contributed by atoms with E-state index in [0.717, 1.165) is 45.0 Å². The van der Waals surface area contributed by atoms with Gasteiger partial charge in [0.05, 0.1) is 0 Å². The molecule has 1 unspecified atom stereocenters. The topological polar surface area (TPSA) is 60.2 Å². The van der Waals surface area contributed by atoms with Gasteiger partial charge in [0, 0.05) is 45.2 Å². The summed E-state index contributed by atoms with van der Waals surface area (Å²) in [5.41, 5.74) is 0.208. The van der Waals surface area contributed by atoms with Crippen molar-refractivity contribution in [3.05, 3.63) is 12.2 Å². The lowest BCUT2D eigenvalue weighted by atomic mass is 9.67. The van der Waals surface area contributed by atoms with E-state index >= 15 is 0 Å². The number of rotatable bonds is 2. The summed E-state index contributed by atoms with van der Waals surface area (Å²) in [5.74, 6) is 1.87. The van der Waals surface area contributed by atoms with Crippen molar-refractivity contribution in [2.45, 2.75) is 50.9 Å². The summed E-state index contributed by atoms with van der Waals surface area (Å²) in [6.45, 7) is 3.16. The Bertz CT molecular complexity index is 588. The molecule has 1 aliphatic carbocycles. The summed E-state index contributed by atoms with van der Waals surface area (Å²) in [5, 5.41) is 8.51. The number of nitrogens with zero attached hydrogens (tertiary/aromatic N) is 4. The van der Waals surface area contributed by atoms with Crippen LogP contribution in [0.2, 0.25) is 0 Å². The summed E-state index contributed by atoms with van der Waals surface area (Å²) in [6.07, 6.45) is 9.81. The average Bonchev–Trinajstić information content (AvgIpc) is 3.19. The normalized spacial score (nSPS) is 27.7. The van der Waals surface area contributed by atoms with Crippen LogP contribution in [0.25, 0.3) is 0 Å². The lowest BCUT2D eigenvalue weighted by Gasteiger charge is -2.37. The van der Waals surface area contributed by atoms with Crippen molar-refractivity contribution in [1.82, 2.24) is 19.7 Å². The van der Waals surface area contributed by atoms with Crippen LogP contribution in [0, 0.1) is 11.3 Å². The second-order valence-electron chi connectivity index (χ2n) is 7.88. The number of aromatic nitrogens is 3. The molecule has 24 heavy (non-hydrogen) atoms. The summed E-state index contributed by atoms with van der Waals surface area (Å²) < 4.78 is 7.47. The molecule has 0 N–H and O–H groups in total. The lowest BCUT2D eigenvalue weighted by molar-refractivity contribution is -0.138. The molecule has 2 aliphatic heterocycles. The molecule has 1 atom stereocenters. The maximum absolute atomic E-state index is 13.1. The first-order chi connectivity index (χ1) is 11.7. The standard InChI is InChI=1S/C18H28N4O2/c1-21-13-19-20-16(21)15-11-22(12-18(15)7-3-2-4-8-18)17(23)14-5-9-24-10-6-14/h13-15H,2-12H2,1H3. The van der Waals surface area contributed by atoms with E-state index in [1.807, 2.05) is 11.6 Å². The fraction of sp³-hybridized carbons (Fsp3) is 0.833. The van der Waals surface area contributed by atoms with Crippen LogP contribution in [0.5, 0.6) is 0 Å². The zero-order valence-corrected chi connectivity index (χ0v) is 14.6. The molecule has 1 aromatic heterocycles. The smallest absolute Gasteiger partial charge is 0.225 e. The Labute approximate surface area is 143 Å². The summed E-state index contributed by atoms with van der Waals surface area (Å²) in [7, 11) is 2.02. The predicted octanol–water partition coefficient (Wildman–Crippen LogP) is 2.12. The molecule has 0 aromatic carbocycles.